The molecule has 0 spiro atoms. The van der Waals surface area contributed by atoms with Crippen LogP contribution >= 0.6 is 0 Å². The van der Waals surface area contributed by atoms with Gasteiger partial charge in [-0.1, -0.05) is 13.3 Å². The van der Waals surface area contributed by atoms with E-state index in [0.29, 0.717) is 15.2 Å². The van der Waals surface area contributed by atoms with Crippen molar-refractivity contribution in [2.75, 3.05) is 19.6 Å². The molecule has 0 aromatic rings. The second-order valence-electron chi connectivity index (χ2n) is 4.31. The number of likely N-dealkylation sites (N-methyl/N-ethyl adjacent to an activating group) is 2. The molecule has 0 aromatic heterocycles. The summed E-state index contributed by atoms with van der Waals surface area (Å²) >= 11 is 0. The van der Waals surface area contributed by atoms with Crippen LogP contribution in [0, 0.1) is 0 Å². The molecule has 20 heavy (non-hydrogen) atoms. The zero-order valence-electron chi connectivity index (χ0n) is 12.0. The minimum absolute atomic E-state index is 0.00273. The van der Waals surface area contributed by atoms with Gasteiger partial charge in [0.25, 0.3) is 11.8 Å². The lowest BCUT2D eigenvalue weighted by molar-refractivity contribution is -0.131. The number of hydrogen-bond acceptors (Lipinski definition) is 5. The maximum absolute atomic E-state index is 12.1. The Labute approximate surface area is 119 Å². The third-order valence-corrected chi connectivity index (χ3v) is 4.93. The molecule has 1 rings (SSSR count). The molecule has 0 bridgehead atoms. The Morgan fingerprint density at radius 1 is 1.05 bits per heavy atom. The van der Waals surface area contributed by atoms with Crippen LogP contribution in [0.1, 0.15) is 33.6 Å². The molecule has 0 saturated carbocycles. The van der Waals surface area contributed by atoms with Gasteiger partial charge in [-0.2, -0.15) is 8.42 Å². The Morgan fingerprint density at radius 3 is 1.95 bits per heavy atom. The van der Waals surface area contributed by atoms with Crippen LogP contribution in [0.25, 0.3) is 0 Å². The SMILES string of the molecule is CCCCNC=C1C(=O)N(CC)S(=O)(=O)N(CC)C1=O. The van der Waals surface area contributed by atoms with E-state index in [4.69, 9.17) is 0 Å². The van der Waals surface area contributed by atoms with Gasteiger partial charge in [0.2, 0.25) is 0 Å². The Balaban J connectivity index is 3.08. The molecule has 2 amide bonds. The molecule has 1 heterocycles. The van der Waals surface area contributed by atoms with Crippen LogP contribution in [0.5, 0.6) is 0 Å². The van der Waals surface area contributed by atoms with Crippen LogP contribution in [0.3, 0.4) is 0 Å². The highest BCUT2D eigenvalue weighted by Crippen LogP contribution is 2.21. The van der Waals surface area contributed by atoms with Crippen molar-refractivity contribution >= 4 is 22.0 Å². The predicted octanol–water partition coefficient (Wildman–Crippen LogP) is 0.215. The first kappa shape index (κ1) is 16.5. The monoisotopic (exact) mass is 303 g/mol. The van der Waals surface area contributed by atoms with Crippen molar-refractivity contribution in [1.82, 2.24) is 13.9 Å². The molecule has 7 nitrogen and oxygen atoms in total. The minimum Gasteiger partial charge on any atom is -0.390 e. The van der Waals surface area contributed by atoms with Crippen molar-refractivity contribution in [1.29, 1.82) is 0 Å². The molecule has 8 heteroatoms. The fraction of sp³-hybridized carbons (Fsp3) is 0.667. The summed E-state index contributed by atoms with van der Waals surface area (Å²) < 4.78 is 25.6. The number of carbonyl (C=O) groups excluding carboxylic acids is 2. The predicted molar refractivity (Wildman–Crippen MR) is 74.7 cm³/mol. The first-order chi connectivity index (χ1) is 9.41. The van der Waals surface area contributed by atoms with Gasteiger partial charge in [0.1, 0.15) is 5.57 Å². The van der Waals surface area contributed by atoms with Crippen LogP contribution in [0.4, 0.5) is 0 Å². The molecule has 1 N–H and O–H groups in total. The molecular weight excluding hydrogens is 282 g/mol. The van der Waals surface area contributed by atoms with E-state index in [2.05, 4.69) is 5.32 Å². The Bertz CT molecular complexity index is 481. The van der Waals surface area contributed by atoms with Gasteiger partial charge in [-0.25, -0.2) is 8.61 Å². The molecule has 1 aliphatic heterocycles. The van der Waals surface area contributed by atoms with Crippen molar-refractivity contribution < 1.29 is 18.0 Å². The summed E-state index contributed by atoms with van der Waals surface area (Å²) in [4.78, 5) is 24.2. The highest BCUT2D eigenvalue weighted by atomic mass is 32.2. The molecule has 114 valence electrons. The molecule has 0 atom stereocenters. The molecule has 0 radical (unpaired) electrons. The van der Waals surface area contributed by atoms with Crippen LogP contribution in [-0.4, -0.2) is 48.5 Å². The van der Waals surface area contributed by atoms with Gasteiger partial charge >= 0.3 is 10.2 Å². The van der Waals surface area contributed by atoms with Crippen LogP contribution in [0.15, 0.2) is 11.8 Å². The zero-order chi connectivity index (χ0) is 15.3. The zero-order valence-corrected chi connectivity index (χ0v) is 12.9. The second-order valence-corrected chi connectivity index (χ2v) is 6.09. The van der Waals surface area contributed by atoms with Gasteiger partial charge in [-0.15, -0.1) is 0 Å². The van der Waals surface area contributed by atoms with E-state index >= 15 is 0 Å². The number of nitrogens with one attached hydrogen (secondary N) is 1. The van der Waals surface area contributed by atoms with E-state index < -0.39 is 22.0 Å². The third kappa shape index (κ3) is 2.95. The average molecular weight is 303 g/mol. The standard InChI is InChI=1S/C12H21N3O4S/c1-4-7-8-13-9-10-11(16)14(5-2)20(18,19)15(6-3)12(10)17/h9,13H,4-8H2,1-3H3. The van der Waals surface area contributed by atoms with Crippen LogP contribution in [-0.2, 0) is 19.8 Å². The van der Waals surface area contributed by atoms with Gasteiger partial charge in [-0.05, 0) is 20.3 Å². The summed E-state index contributed by atoms with van der Waals surface area (Å²) in [5, 5.41) is 2.88. The topological polar surface area (TPSA) is 86.8 Å². The minimum atomic E-state index is -4.03. The number of amides is 2. The van der Waals surface area contributed by atoms with Crippen LogP contribution < -0.4 is 5.32 Å². The highest BCUT2D eigenvalue weighted by Gasteiger charge is 2.44. The fourth-order valence-corrected chi connectivity index (χ4v) is 3.39. The van der Waals surface area contributed by atoms with Crippen molar-refractivity contribution in [3.63, 3.8) is 0 Å². The largest absolute Gasteiger partial charge is 0.390 e. The van der Waals surface area contributed by atoms with Gasteiger partial charge in [0.15, 0.2) is 0 Å². The molecule has 1 saturated heterocycles. The number of rotatable bonds is 6. The van der Waals surface area contributed by atoms with E-state index in [1.165, 1.54) is 6.20 Å². The first-order valence-electron chi connectivity index (χ1n) is 6.74. The Kier molecular flexibility index (Phi) is 5.55. The smallest absolute Gasteiger partial charge is 0.331 e. The van der Waals surface area contributed by atoms with Crippen molar-refractivity contribution in [3.8, 4) is 0 Å². The molecule has 0 unspecified atom stereocenters. The fourth-order valence-electron chi connectivity index (χ4n) is 1.88. The molecule has 1 fully saturated rings. The lowest BCUT2D eigenvalue weighted by atomic mass is 10.2. The summed E-state index contributed by atoms with van der Waals surface area (Å²) in [6, 6.07) is 0. The van der Waals surface area contributed by atoms with E-state index in [-0.39, 0.29) is 18.7 Å². The maximum Gasteiger partial charge on any atom is 0.331 e. The summed E-state index contributed by atoms with van der Waals surface area (Å²) in [6.45, 7) is 5.76. The number of hydrogen-bond donors (Lipinski definition) is 1. The van der Waals surface area contributed by atoms with Crippen molar-refractivity contribution in [2.45, 2.75) is 33.6 Å². The van der Waals surface area contributed by atoms with Gasteiger partial charge in [-0.3, -0.25) is 9.59 Å². The molecular formula is C12H21N3O4S. The van der Waals surface area contributed by atoms with Crippen molar-refractivity contribution in [2.24, 2.45) is 0 Å². The number of unbranched alkanes of at least 4 members (excludes halogenated alkanes) is 1. The lowest BCUT2D eigenvalue weighted by Crippen LogP contribution is -2.56. The van der Waals surface area contributed by atoms with E-state index in [0.717, 1.165) is 12.8 Å². The number of nitrogens with zero attached hydrogens (tertiary/aromatic N) is 2. The summed E-state index contributed by atoms with van der Waals surface area (Å²) in [7, 11) is -4.03. The summed E-state index contributed by atoms with van der Waals surface area (Å²) in [5.41, 5.74) is -0.139. The molecule has 0 aliphatic carbocycles. The molecule has 1 aliphatic rings. The van der Waals surface area contributed by atoms with Gasteiger partial charge < -0.3 is 5.32 Å². The average Bonchev–Trinajstić information content (AvgIpc) is 2.38. The summed E-state index contributed by atoms with van der Waals surface area (Å²) in [5.74, 6) is -1.54. The van der Waals surface area contributed by atoms with E-state index in [1.807, 2.05) is 6.92 Å². The summed E-state index contributed by atoms with van der Waals surface area (Å²) in [6.07, 6.45) is 3.20. The maximum atomic E-state index is 12.1. The third-order valence-electron chi connectivity index (χ3n) is 2.97. The highest BCUT2D eigenvalue weighted by molar-refractivity contribution is 7.88. The van der Waals surface area contributed by atoms with Crippen molar-refractivity contribution in [3.05, 3.63) is 11.8 Å². The van der Waals surface area contributed by atoms with Crippen LogP contribution in [0.2, 0.25) is 0 Å². The quantitative estimate of drug-likeness (QED) is 0.431. The Hall–Kier alpha value is -1.57. The second kappa shape index (κ2) is 6.74. The lowest BCUT2D eigenvalue weighted by Gasteiger charge is -2.33. The number of carbonyl (C=O) groups is 2. The van der Waals surface area contributed by atoms with E-state index in [1.54, 1.807) is 13.8 Å². The normalized spacial score (nSPS) is 18.4. The Morgan fingerprint density at radius 2 is 1.55 bits per heavy atom. The van der Waals surface area contributed by atoms with Gasteiger partial charge in [0.05, 0.1) is 0 Å². The molecule has 0 aromatic carbocycles. The first-order valence-corrected chi connectivity index (χ1v) is 8.14. The van der Waals surface area contributed by atoms with Gasteiger partial charge in [0, 0.05) is 25.8 Å². The van der Waals surface area contributed by atoms with E-state index in [9.17, 15) is 18.0 Å².